The maximum absolute atomic E-state index is 11.6. The molecule has 0 unspecified atom stereocenters. The molecular formula is C12H15NO5S. The predicted octanol–water partition coefficient (Wildman–Crippen LogP) is 0.639. The normalized spacial score (nSPS) is 23.0. The molecule has 1 aliphatic heterocycles. The minimum absolute atomic E-state index is 0.0523. The predicted molar refractivity (Wildman–Crippen MR) is 70.4 cm³/mol. The van der Waals surface area contributed by atoms with Crippen LogP contribution in [0, 0.1) is 0 Å². The Bertz CT molecular complexity index is 570. The fourth-order valence-electron chi connectivity index (χ4n) is 2.22. The number of hydrogen-bond acceptors (Lipinski definition) is 4. The summed E-state index contributed by atoms with van der Waals surface area (Å²) in [6.45, 7) is 0. The van der Waals surface area contributed by atoms with Crippen LogP contribution >= 0.6 is 0 Å². The fourth-order valence-corrected chi connectivity index (χ4v) is 3.49. The van der Waals surface area contributed by atoms with Crippen molar-refractivity contribution in [2.75, 3.05) is 18.6 Å². The van der Waals surface area contributed by atoms with Gasteiger partial charge in [0.05, 0.1) is 13.3 Å². The van der Waals surface area contributed by atoms with Gasteiger partial charge < -0.3 is 14.4 Å². The number of pyridine rings is 1. The second-order valence-corrected chi connectivity index (χ2v) is 6.08. The largest absolute Gasteiger partial charge is 0.491 e. The number of rotatable bonds is 3. The highest BCUT2D eigenvalue weighted by molar-refractivity contribution is 7.85. The van der Waals surface area contributed by atoms with E-state index >= 15 is 0 Å². The van der Waals surface area contributed by atoms with E-state index in [1.54, 1.807) is 4.57 Å². The van der Waals surface area contributed by atoms with Crippen LogP contribution in [-0.2, 0) is 10.8 Å². The molecule has 6 nitrogen and oxygen atoms in total. The third-order valence-corrected chi connectivity index (χ3v) is 4.62. The van der Waals surface area contributed by atoms with Crippen molar-refractivity contribution in [3.8, 4) is 5.75 Å². The number of methoxy groups -OCH3 is 1. The molecule has 0 aromatic carbocycles. The highest BCUT2D eigenvalue weighted by atomic mass is 32.2. The van der Waals surface area contributed by atoms with Crippen molar-refractivity contribution in [1.82, 2.24) is 4.57 Å². The van der Waals surface area contributed by atoms with Gasteiger partial charge in [0, 0.05) is 34.4 Å². The number of carbonyl (C=O) groups is 1. The van der Waals surface area contributed by atoms with Gasteiger partial charge in [-0.15, -0.1) is 0 Å². The summed E-state index contributed by atoms with van der Waals surface area (Å²) in [6.07, 6.45) is 2.71. The molecule has 1 fully saturated rings. The van der Waals surface area contributed by atoms with Gasteiger partial charge in [0.15, 0.2) is 5.75 Å². The van der Waals surface area contributed by atoms with E-state index in [0.29, 0.717) is 24.3 Å². The van der Waals surface area contributed by atoms with E-state index in [9.17, 15) is 18.9 Å². The first-order valence-electron chi connectivity index (χ1n) is 5.91. The van der Waals surface area contributed by atoms with Gasteiger partial charge in [-0.05, 0) is 12.8 Å². The van der Waals surface area contributed by atoms with E-state index < -0.39 is 22.2 Å². The highest BCUT2D eigenvalue weighted by Crippen LogP contribution is 2.24. The second kappa shape index (κ2) is 5.56. The molecule has 7 heteroatoms. The lowest BCUT2D eigenvalue weighted by atomic mass is 10.1. The third-order valence-electron chi connectivity index (χ3n) is 3.24. The number of aromatic nitrogens is 1. The van der Waals surface area contributed by atoms with E-state index in [2.05, 4.69) is 0 Å². The van der Waals surface area contributed by atoms with E-state index in [0.717, 1.165) is 6.07 Å². The first kappa shape index (κ1) is 13.8. The van der Waals surface area contributed by atoms with Crippen molar-refractivity contribution in [3.63, 3.8) is 0 Å². The van der Waals surface area contributed by atoms with Gasteiger partial charge in [-0.25, -0.2) is 4.79 Å². The first-order valence-corrected chi connectivity index (χ1v) is 7.40. The van der Waals surface area contributed by atoms with Gasteiger partial charge in [-0.2, -0.15) is 0 Å². The van der Waals surface area contributed by atoms with Gasteiger partial charge in [0.1, 0.15) is 5.69 Å². The maximum Gasteiger partial charge on any atom is 0.352 e. The van der Waals surface area contributed by atoms with Gasteiger partial charge in [-0.3, -0.25) is 9.00 Å². The molecule has 104 valence electrons. The zero-order chi connectivity index (χ0) is 14.0. The Kier molecular flexibility index (Phi) is 4.04. The Morgan fingerprint density at radius 2 is 2.11 bits per heavy atom. The Hall–Kier alpha value is -1.63. The van der Waals surface area contributed by atoms with Gasteiger partial charge in [0.2, 0.25) is 5.43 Å². The van der Waals surface area contributed by atoms with Crippen LogP contribution in [0.4, 0.5) is 0 Å². The summed E-state index contributed by atoms with van der Waals surface area (Å²) in [4.78, 5) is 22.8. The average Bonchev–Trinajstić information content (AvgIpc) is 2.39. The van der Waals surface area contributed by atoms with Crippen LogP contribution in [0.2, 0.25) is 0 Å². The molecule has 0 bridgehead atoms. The van der Waals surface area contributed by atoms with Crippen molar-refractivity contribution in [2.24, 2.45) is 0 Å². The number of carboxylic acid groups (broad SMARTS) is 1. The molecule has 0 saturated carbocycles. The van der Waals surface area contributed by atoms with E-state index in [1.165, 1.54) is 13.3 Å². The maximum atomic E-state index is 11.6. The quantitative estimate of drug-likeness (QED) is 0.880. The van der Waals surface area contributed by atoms with E-state index in [1.807, 2.05) is 0 Å². The molecule has 2 heterocycles. The lowest BCUT2D eigenvalue weighted by Crippen LogP contribution is -2.27. The minimum Gasteiger partial charge on any atom is -0.491 e. The summed E-state index contributed by atoms with van der Waals surface area (Å²) in [5.41, 5.74) is -0.501. The van der Waals surface area contributed by atoms with Crippen LogP contribution < -0.4 is 10.2 Å². The molecule has 2 rings (SSSR count). The third kappa shape index (κ3) is 2.86. The Balaban J connectivity index is 2.44. The molecule has 0 atom stereocenters. The topological polar surface area (TPSA) is 85.6 Å². The Morgan fingerprint density at radius 3 is 2.63 bits per heavy atom. The lowest BCUT2D eigenvalue weighted by molar-refractivity contribution is 0.0680. The molecule has 0 aliphatic carbocycles. The monoisotopic (exact) mass is 285 g/mol. The first-order chi connectivity index (χ1) is 9.02. The number of carboxylic acids is 1. The van der Waals surface area contributed by atoms with Crippen molar-refractivity contribution in [3.05, 3.63) is 28.2 Å². The van der Waals surface area contributed by atoms with Crippen LogP contribution in [-0.4, -0.2) is 38.5 Å². The fraction of sp³-hybridized carbons (Fsp3) is 0.500. The van der Waals surface area contributed by atoms with Crippen LogP contribution in [0.15, 0.2) is 17.1 Å². The smallest absolute Gasteiger partial charge is 0.352 e. The van der Waals surface area contributed by atoms with Crippen molar-refractivity contribution >= 4 is 16.8 Å². The molecule has 19 heavy (non-hydrogen) atoms. The van der Waals surface area contributed by atoms with E-state index in [-0.39, 0.29) is 17.5 Å². The Morgan fingerprint density at radius 1 is 1.47 bits per heavy atom. The number of nitrogens with zero attached hydrogens (tertiary/aromatic N) is 1. The number of aromatic carboxylic acids is 1. The van der Waals surface area contributed by atoms with Crippen LogP contribution in [0.5, 0.6) is 5.75 Å². The van der Waals surface area contributed by atoms with Gasteiger partial charge >= 0.3 is 5.97 Å². The van der Waals surface area contributed by atoms with Crippen molar-refractivity contribution in [2.45, 2.75) is 18.9 Å². The SMILES string of the molecule is COc1cn(C2CCS(=O)CC2)c(C(=O)O)cc1=O. The average molecular weight is 285 g/mol. The van der Waals surface area contributed by atoms with Gasteiger partial charge in [-0.1, -0.05) is 0 Å². The minimum atomic E-state index is -1.15. The summed E-state index contributed by atoms with van der Waals surface area (Å²) in [5, 5.41) is 9.18. The molecule has 0 amide bonds. The Labute approximate surface area is 112 Å². The van der Waals surface area contributed by atoms with Crippen molar-refractivity contribution in [1.29, 1.82) is 0 Å². The number of hydrogen-bond donors (Lipinski definition) is 1. The second-order valence-electron chi connectivity index (χ2n) is 4.38. The summed E-state index contributed by atoms with van der Waals surface area (Å²) in [6, 6.07) is 1.02. The van der Waals surface area contributed by atoms with Crippen LogP contribution in [0.3, 0.4) is 0 Å². The molecule has 1 saturated heterocycles. The highest BCUT2D eigenvalue weighted by Gasteiger charge is 2.23. The standard InChI is InChI=1S/C12H15NO5S/c1-18-11-7-13(8-2-4-19(17)5-3-8)9(12(15)16)6-10(11)14/h6-8H,2-5H2,1H3,(H,15,16). The molecular weight excluding hydrogens is 270 g/mol. The lowest BCUT2D eigenvalue weighted by Gasteiger charge is -2.26. The van der Waals surface area contributed by atoms with Crippen molar-refractivity contribution < 1.29 is 18.8 Å². The summed E-state index contributed by atoms with van der Waals surface area (Å²) in [5.74, 6) is 0.0826. The number of ether oxygens (including phenoxy) is 1. The molecule has 1 aliphatic rings. The molecule has 0 spiro atoms. The van der Waals surface area contributed by atoms with Crippen LogP contribution in [0.25, 0.3) is 0 Å². The summed E-state index contributed by atoms with van der Waals surface area (Å²) < 4.78 is 17.8. The molecule has 1 aromatic rings. The molecule has 1 N–H and O–H groups in total. The summed E-state index contributed by atoms with van der Waals surface area (Å²) >= 11 is 0. The van der Waals surface area contributed by atoms with E-state index in [4.69, 9.17) is 4.74 Å². The molecule has 0 radical (unpaired) electrons. The molecule has 1 aromatic heterocycles. The zero-order valence-electron chi connectivity index (χ0n) is 10.5. The van der Waals surface area contributed by atoms with Crippen LogP contribution in [0.1, 0.15) is 29.4 Å². The zero-order valence-corrected chi connectivity index (χ0v) is 11.3. The van der Waals surface area contributed by atoms with Gasteiger partial charge in [0.25, 0.3) is 0 Å². The summed E-state index contributed by atoms with van der Waals surface area (Å²) in [7, 11) is 0.555.